The van der Waals surface area contributed by atoms with Crippen molar-refractivity contribution in [1.29, 1.82) is 0 Å². The number of nitrogens with zero attached hydrogens (tertiary/aromatic N) is 3. The second kappa shape index (κ2) is 9.59. The Morgan fingerprint density at radius 3 is 1.92 bits per heavy atom. The van der Waals surface area contributed by atoms with Gasteiger partial charge in [-0.2, -0.15) is 0 Å². The maximum absolute atomic E-state index is 11.5. The molecular weight excluding hydrogens is 354 g/mol. The first-order valence-electron chi connectivity index (χ1n) is 7.50. The number of esters is 4. The Hall–Kier alpha value is -2.85. The van der Waals surface area contributed by atoms with Crippen molar-refractivity contribution in [3.05, 3.63) is 10.4 Å². The molecule has 1 rings (SSSR count). The summed E-state index contributed by atoms with van der Waals surface area (Å²) in [5, 5.41) is 3.50. The Balaban J connectivity index is 3.27. The second-order valence-electron chi connectivity index (χ2n) is 5.30. The molecule has 0 radical (unpaired) electrons. The number of hydrogen-bond donors (Lipinski definition) is 0. The van der Waals surface area contributed by atoms with Gasteiger partial charge in [-0.3, -0.25) is 19.2 Å². The summed E-state index contributed by atoms with van der Waals surface area (Å²) >= 11 is 0. The third-order valence-corrected chi connectivity index (χ3v) is 3.14. The van der Waals surface area contributed by atoms with Crippen LogP contribution in [0.15, 0.2) is 5.11 Å². The van der Waals surface area contributed by atoms with Crippen LogP contribution in [-0.2, 0) is 42.9 Å². The largest absolute Gasteiger partial charge is 0.463 e. The van der Waals surface area contributed by atoms with Gasteiger partial charge in [0.05, 0.1) is 0 Å². The number of carbonyl (C=O) groups excluding carboxylic acids is 4. The zero-order valence-electron chi connectivity index (χ0n) is 14.6. The summed E-state index contributed by atoms with van der Waals surface area (Å²) in [5.41, 5.74) is 8.81. The summed E-state index contributed by atoms with van der Waals surface area (Å²) in [7, 11) is 0. The highest BCUT2D eigenvalue weighted by Crippen LogP contribution is 2.29. The summed E-state index contributed by atoms with van der Waals surface area (Å²) in [6.07, 6.45) is -5.29. The van der Waals surface area contributed by atoms with Gasteiger partial charge in [0.2, 0.25) is 12.4 Å². The van der Waals surface area contributed by atoms with E-state index in [1.165, 1.54) is 0 Å². The van der Waals surface area contributed by atoms with Gasteiger partial charge in [-0.1, -0.05) is 5.11 Å². The molecule has 0 N–H and O–H groups in total. The molecule has 1 saturated heterocycles. The Bertz CT molecular complexity index is 617. The molecule has 0 aromatic carbocycles. The number of azide groups is 1. The maximum atomic E-state index is 11.5. The molecule has 12 heteroatoms. The Morgan fingerprint density at radius 2 is 1.46 bits per heavy atom. The summed E-state index contributed by atoms with van der Waals surface area (Å²) in [6.45, 7) is 4.05. The number of hydrogen-bond acceptors (Lipinski definition) is 10. The molecule has 0 aliphatic carbocycles. The predicted octanol–water partition coefficient (Wildman–Crippen LogP) is 0.380. The SMILES string of the molecule is CC(=O)OC[C@H]1O[C@H](OC(C)=O)[C@H](OC(C)=O)[C@@H](OC(C)=O)[C@H]1N=[N+]=[N-]. The molecular formula is C14H19N3O9. The zero-order chi connectivity index (χ0) is 19.9. The molecule has 0 aromatic rings. The van der Waals surface area contributed by atoms with E-state index in [1.54, 1.807) is 0 Å². The first kappa shape index (κ1) is 21.2. The summed E-state index contributed by atoms with van der Waals surface area (Å²) < 4.78 is 25.5. The van der Waals surface area contributed by atoms with Crippen LogP contribution in [0.1, 0.15) is 27.7 Å². The molecule has 5 atom stereocenters. The van der Waals surface area contributed by atoms with Crippen molar-refractivity contribution in [2.24, 2.45) is 5.11 Å². The topological polar surface area (TPSA) is 163 Å². The van der Waals surface area contributed by atoms with Gasteiger partial charge in [-0.15, -0.1) is 0 Å². The molecule has 0 saturated carbocycles. The molecule has 0 unspecified atom stereocenters. The van der Waals surface area contributed by atoms with E-state index in [1.807, 2.05) is 0 Å². The molecule has 1 fully saturated rings. The highest BCUT2D eigenvalue weighted by molar-refractivity contribution is 5.68. The van der Waals surface area contributed by atoms with Gasteiger partial charge in [-0.25, -0.2) is 0 Å². The van der Waals surface area contributed by atoms with E-state index in [4.69, 9.17) is 29.2 Å². The molecule has 0 aromatic heterocycles. The van der Waals surface area contributed by atoms with E-state index >= 15 is 0 Å². The van der Waals surface area contributed by atoms with E-state index < -0.39 is 54.5 Å². The van der Waals surface area contributed by atoms with Crippen LogP contribution in [0, 0.1) is 0 Å². The number of rotatable bonds is 6. The molecule has 1 aliphatic heterocycles. The number of ether oxygens (including phenoxy) is 5. The normalized spacial score (nSPS) is 27.5. The molecule has 0 spiro atoms. The summed E-state index contributed by atoms with van der Waals surface area (Å²) in [5.74, 6) is -2.93. The van der Waals surface area contributed by atoms with Crippen LogP contribution in [0.3, 0.4) is 0 Å². The smallest absolute Gasteiger partial charge is 0.305 e. The fourth-order valence-electron chi connectivity index (χ4n) is 2.33. The monoisotopic (exact) mass is 373 g/mol. The van der Waals surface area contributed by atoms with Crippen molar-refractivity contribution < 1.29 is 42.9 Å². The quantitative estimate of drug-likeness (QED) is 0.210. The maximum Gasteiger partial charge on any atom is 0.305 e. The van der Waals surface area contributed by atoms with Crippen molar-refractivity contribution in [2.45, 2.75) is 58.3 Å². The lowest BCUT2D eigenvalue weighted by atomic mass is 9.96. The van der Waals surface area contributed by atoms with Crippen LogP contribution in [0.4, 0.5) is 0 Å². The standard InChI is InChI=1S/C14H19N3O9/c1-6(18)22-5-10-11(16-17-15)12(23-7(2)19)13(24-8(3)20)14(26-10)25-9(4)21/h10-14H,5H2,1-4H3/t10-,11+,12+,13-,14+/m1/s1. The lowest BCUT2D eigenvalue weighted by Gasteiger charge is -2.42. The summed E-state index contributed by atoms with van der Waals surface area (Å²) in [4.78, 5) is 47.9. The van der Waals surface area contributed by atoms with Crippen LogP contribution >= 0.6 is 0 Å². The van der Waals surface area contributed by atoms with Gasteiger partial charge in [0.1, 0.15) is 18.8 Å². The fraction of sp³-hybridized carbons (Fsp3) is 0.714. The average molecular weight is 373 g/mol. The van der Waals surface area contributed by atoms with Gasteiger partial charge < -0.3 is 23.7 Å². The Labute approximate surface area is 148 Å². The highest BCUT2D eigenvalue weighted by Gasteiger charge is 2.51. The third-order valence-electron chi connectivity index (χ3n) is 3.14. The minimum Gasteiger partial charge on any atom is -0.463 e. The lowest BCUT2D eigenvalue weighted by molar-refractivity contribution is -0.276. The average Bonchev–Trinajstić information content (AvgIpc) is 2.50. The van der Waals surface area contributed by atoms with Crippen LogP contribution in [0.5, 0.6) is 0 Å². The Morgan fingerprint density at radius 1 is 0.923 bits per heavy atom. The van der Waals surface area contributed by atoms with Crippen molar-refractivity contribution in [2.75, 3.05) is 6.61 Å². The van der Waals surface area contributed by atoms with Crippen molar-refractivity contribution in [1.82, 2.24) is 0 Å². The minimum absolute atomic E-state index is 0.374. The minimum atomic E-state index is -1.47. The number of carbonyl (C=O) groups is 4. The molecule has 26 heavy (non-hydrogen) atoms. The summed E-state index contributed by atoms with van der Waals surface area (Å²) in [6, 6.07) is -1.21. The van der Waals surface area contributed by atoms with Crippen molar-refractivity contribution >= 4 is 23.9 Å². The molecule has 1 heterocycles. The van der Waals surface area contributed by atoms with Gasteiger partial charge in [0.25, 0.3) is 0 Å². The van der Waals surface area contributed by atoms with Gasteiger partial charge in [0, 0.05) is 32.6 Å². The van der Waals surface area contributed by atoms with Crippen molar-refractivity contribution in [3.63, 3.8) is 0 Å². The Kier molecular flexibility index (Phi) is 7.81. The third kappa shape index (κ3) is 6.22. The first-order valence-corrected chi connectivity index (χ1v) is 7.50. The van der Waals surface area contributed by atoms with E-state index in [-0.39, 0.29) is 6.61 Å². The van der Waals surface area contributed by atoms with Gasteiger partial charge in [0.15, 0.2) is 6.10 Å². The van der Waals surface area contributed by atoms with Crippen molar-refractivity contribution in [3.8, 4) is 0 Å². The molecule has 144 valence electrons. The highest BCUT2D eigenvalue weighted by atomic mass is 16.7. The zero-order valence-corrected chi connectivity index (χ0v) is 14.6. The van der Waals surface area contributed by atoms with E-state index in [9.17, 15) is 19.2 Å². The lowest BCUT2D eigenvalue weighted by Crippen LogP contribution is -2.61. The second-order valence-corrected chi connectivity index (χ2v) is 5.30. The predicted molar refractivity (Wildman–Crippen MR) is 81.1 cm³/mol. The van der Waals surface area contributed by atoms with Gasteiger partial charge >= 0.3 is 23.9 Å². The molecule has 0 bridgehead atoms. The first-order chi connectivity index (χ1) is 12.1. The van der Waals surface area contributed by atoms with Crippen LogP contribution in [-0.4, -0.2) is 61.1 Å². The van der Waals surface area contributed by atoms with E-state index in [2.05, 4.69) is 10.0 Å². The van der Waals surface area contributed by atoms with E-state index in [0.717, 1.165) is 27.7 Å². The van der Waals surface area contributed by atoms with Crippen LogP contribution < -0.4 is 0 Å². The van der Waals surface area contributed by atoms with Gasteiger partial charge in [-0.05, 0) is 5.53 Å². The van der Waals surface area contributed by atoms with E-state index in [0.29, 0.717) is 0 Å². The molecule has 0 amide bonds. The molecule has 1 aliphatic rings. The fourth-order valence-corrected chi connectivity index (χ4v) is 2.33. The molecule has 12 nitrogen and oxygen atoms in total. The van der Waals surface area contributed by atoms with Crippen LogP contribution in [0.25, 0.3) is 10.4 Å². The van der Waals surface area contributed by atoms with Crippen LogP contribution in [0.2, 0.25) is 0 Å².